The lowest BCUT2D eigenvalue weighted by atomic mass is 10.2. The van der Waals surface area contributed by atoms with E-state index < -0.39 is 28.0 Å². The molecule has 5 rings (SSSR count). The lowest BCUT2D eigenvalue weighted by molar-refractivity contribution is -0.192. The highest BCUT2D eigenvalue weighted by atomic mass is 32.2. The van der Waals surface area contributed by atoms with Crippen molar-refractivity contribution in [3.63, 3.8) is 0 Å². The molecule has 2 aliphatic rings. The number of nitrogens with zero attached hydrogens (tertiary/aromatic N) is 5. The number of hydrogen-bond donors (Lipinski definition) is 2. The summed E-state index contributed by atoms with van der Waals surface area (Å²) in [6.07, 6.45) is -2.94. The van der Waals surface area contributed by atoms with Crippen molar-refractivity contribution in [1.29, 1.82) is 5.26 Å². The second-order valence-corrected chi connectivity index (χ2v) is 10.7. The zero-order valence-electron chi connectivity index (χ0n) is 20.2. The van der Waals surface area contributed by atoms with E-state index in [0.29, 0.717) is 47.4 Å². The topological polar surface area (TPSA) is 140 Å². The van der Waals surface area contributed by atoms with Crippen molar-refractivity contribution >= 4 is 38.7 Å². The molecule has 0 spiro atoms. The summed E-state index contributed by atoms with van der Waals surface area (Å²) in [6.45, 7) is 1.20. The monoisotopic (exact) mass is 566 g/mol. The molecule has 0 radical (unpaired) electrons. The van der Waals surface area contributed by atoms with Gasteiger partial charge < -0.3 is 15.3 Å². The van der Waals surface area contributed by atoms with Crippen LogP contribution in [0.1, 0.15) is 18.4 Å². The molecule has 1 saturated carbocycles. The van der Waals surface area contributed by atoms with Crippen LogP contribution in [0.5, 0.6) is 0 Å². The van der Waals surface area contributed by atoms with Gasteiger partial charge in [-0.25, -0.2) is 27.6 Å². The zero-order valence-corrected chi connectivity index (χ0v) is 21.0. The van der Waals surface area contributed by atoms with Gasteiger partial charge in [-0.3, -0.25) is 0 Å². The summed E-state index contributed by atoms with van der Waals surface area (Å²) >= 11 is 0. The fourth-order valence-corrected chi connectivity index (χ4v) is 5.27. The molecule has 3 aromatic rings. The van der Waals surface area contributed by atoms with Crippen molar-refractivity contribution in [2.75, 3.05) is 36.4 Å². The van der Waals surface area contributed by atoms with Crippen LogP contribution < -0.4 is 10.2 Å². The van der Waals surface area contributed by atoms with Crippen molar-refractivity contribution in [3.8, 4) is 6.07 Å². The summed E-state index contributed by atoms with van der Waals surface area (Å²) in [7, 11) is -3.92. The van der Waals surface area contributed by atoms with Crippen molar-refractivity contribution < 1.29 is 35.9 Å². The normalized spacial score (nSPS) is 16.2. The quantitative estimate of drug-likeness (QED) is 0.445. The Hall–Kier alpha value is -4.03. The second kappa shape index (κ2) is 11.0. The molecular formula is C24H22F4N6O4S. The van der Waals surface area contributed by atoms with Crippen LogP contribution in [0.25, 0.3) is 11.0 Å². The van der Waals surface area contributed by atoms with Gasteiger partial charge in [0.25, 0.3) is 0 Å². The lowest BCUT2D eigenvalue weighted by Crippen LogP contribution is -2.49. The number of sulfonamides is 1. The Morgan fingerprint density at radius 2 is 1.69 bits per heavy atom. The second-order valence-electron chi connectivity index (χ2n) is 8.75. The number of benzene rings is 2. The molecule has 0 bridgehead atoms. The van der Waals surface area contributed by atoms with E-state index in [1.807, 2.05) is 4.90 Å². The fourth-order valence-electron chi connectivity index (χ4n) is 3.79. The lowest BCUT2D eigenvalue weighted by Gasteiger charge is -2.35. The number of rotatable bonds is 5. The van der Waals surface area contributed by atoms with Crippen LogP contribution >= 0.6 is 0 Å². The molecule has 0 unspecified atom stereocenters. The maximum Gasteiger partial charge on any atom is 0.490 e. The van der Waals surface area contributed by atoms with Gasteiger partial charge in [-0.2, -0.15) is 22.7 Å². The molecule has 15 heteroatoms. The Labute approximate surface area is 220 Å². The zero-order chi connectivity index (χ0) is 28.4. The van der Waals surface area contributed by atoms with Crippen LogP contribution in [-0.4, -0.2) is 72.2 Å². The van der Waals surface area contributed by atoms with Crippen LogP contribution in [-0.2, 0) is 14.8 Å². The molecule has 2 fully saturated rings. The van der Waals surface area contributed by atoms with Crippen molar-refractivity contribution in [2.24, 2.45) is 0 Å². The SMILES string of the molecule is N#Cc1ccc2nc(NC3CC3)c(N3CCN(S(=O)(=O)c4ccccc4F)CC3)nc2c1.O=C(O)C(F)(F)F. The number of alkyl halides is 3. The number of nitrogens with one attached hydrogen (secondary N) is 1. The molecule has 206 valence electrons. The van der Waals surface area contributed by atoms with Gasteiger partial charge in [0, 0.05) is 32.2 Å². The molecule has 0 atom stereocenters. The molecule has 0 amide bonds. The molecular weight excluding hydrogens is 544 g/mol. The summed E-state index contributed by atoms with van der Waals surface area (Å²) < 4.78 is 73.0. The van der Waals surface area contributed by atoms with Crippen LogP contribution in [0.4, 0.5) is 29.2 Å². The van der Waals surface area contributed by atoms with Crippen LogP contribution in [0, 0.1) is 17.1 Å². The Morgan fingerprint density at radius 1 is 1.05 bits per heavy atom. The van der Waals surface area contributed by atoms with E-state index in [1.165, 1.54) is 22.5 Å². The standard InChI is InChI=1S/C22H21FN6O2S.C2HF3O2/c23-17-3-1-2-4-20(17)32(30,31)29-11-9-28(10-12-29)22-21(25-16-6-7-16)26-18-8-5-15(14-24)13-19(18)27-22;3-2(4,5)1(6)7/h1-5,8,13,16H,6-7,9-12H2,(H,25,26);(H,6,7). The van der Waals surface area contributed by atoms with Gasteiger partial charge >= 0.3 is 12.1 Å². The van der Waals surface area contributed by atoms with Crippen LogP contribution in [0.2, 0.25) is 0 Å². The third-order valence-corrected chi connectivity index (χ3v) is 7.86. The van der Waals surface area contributed by atoms with Crippen molar-refractivity contribution in [3.05, 3.63) is 53.8 Å². The largest absolute Gasteiger partial charge is 0.490 e. The molecule has 10 nitrogen and oxygen atoms in total. The summed E-state index contributed by atoms with van der Waals surface area (Å²) in [4.78, 5) is 20.1. The highest BCUT2D eigenvalue weighted by molar-refractivity contribution is 7.89. The molecule has 2 aromatic carbocycles. The van der Waals surface area contributed by atoms with E-state index in [2.05, 4.69) is 11.4 Å². The number of nitriles is 1. The minimum Gasteiger partial charge on any atom is -0.475 e. The first kappa shape index (κ1) is 28.0. The number of piperazine rings is 1. The summed E-state index contributed by atoms with van der Waals surface area (Å²) in [5, 5.41) is 19.7. The Bertz CT molecular complexity index is 1530. The highest BCUT2D eigenvalue weighted by Gasteiger charge is 2.38. The van der Waals surface area contributed by atoms with Gasteiger partial charge in [0.1, 0.15) is 10.7 Å². The molecule has 1 aromatic heterocycles. The minimum atomic E-state index is -5.08. The van der Waals surface area contributed by atoms with Crippen molar-refractivity contribution in [2.45, 2.75) is 30.0 Å². The first-order chi connectivity index (χ1) is 18.4. The number of halogens is 4. The number of carboxylic acids is 1. The maximum absolute atomic E-state index is 14.1. The first-order valence-corrected chi connectivity index (χ1v) is 13.1. The van der Waals surface area contributed by atoms with Gasteiger partial charge in [0.15, 0.2) is 11.6 Å². The summed E-state index contributed by atoms with van der Waals surface area (Å²) in [5.41, 5.74) is 1.81. The number of hydrogen-bond acceptors (Lipinski definition) is 8. The molecule has 1 saturated heterocycles. The predicted octanol–water partition coefficient (Wildman–Crippen LogP) is 3.36. The number of carboxylic acid groups (broad SMARTS) is 1. The number of carbonyl (C=O) groups is 1. The fraction of sp³-hybridized carbons (Fsp3) is 0.333. The van der Waals surface area contributed by atoms with Crippen molar-refractivity contribution in [1.82, 2.24) is 14.3 Å². The minimum absolute atomic E-state index is 0.206. The third kappa shape index (κ3) is 6.52. The van der Waals surface area contributed by atoms with E-state index in [4.69, 9.17) is 19.9 Å². The van der Waals surface area contributed by atoms with Gasteiger partial charge in [0.2, 0.25) is 10.0 Å². The van der Waals surface area contributed by atoms with E-state index in [-0.39, 0.29) is 18.0 Å². The van der Waals surface area contributed by atoms with E-state index in [0.717, 1.165) is 18.9 Å². The number of anilines is 2. The first-order valence-electron chi connectivity index (χ1n) is 11.7. The van der Waals surface area contributed by atoms with Gasteiger partial charge in [-0.15, -0.1) is 0 Å². The average Bonchev–Trinajstić information content (AvgIpc) is 3.72. The number of aliphatic carboxylic acids is 1. The Balaban J connectivity index is 0.000000448. The summed E-state index contributed by atoms with van der Waals surface area (Å²) in [6, 6.07) is 13.1. The Morgan fingerprint density at radius 3 is 2.26 bits per heavy atom. The molecule has 2 N–H and O–H groups in total. The van der Waals surface area contributed by atoms with Gasteiger partial charge in [-0.1, -0.05) is 12.1 Å². The van der Waals surface area contributed by atoms with Gasteiger partial charge in [-0.05, 0) is 43.2 Å². The average molecular weight is 567 g/mol. The third-order valence-electron chi connectivity index (χ3n) is 5.93. The number of fused-ring (bicyclic) bond motifs is 1. The van der Waals surface area contributed by atoms with E-state index in [1.54, 1.807) is 18.2 Å². The van der Waals surface area contributed by atoms with E-state index in [9.17, 15) is 31.2 Å². The van der Waals surface area contributed by atoms with Gasteiger partial charge in [0.05, 0.1) is 22.7 Å². The maximum atomic E-state index is 14.1. The molecule has 2 heterocycles. The summed E-state index contributed by atoms with van der Waals surface area (Å²) in [5.74, 6) is -2.20. The van der Waals surface area contributed by atoms with Crippen LogP contribution in [0.3, 0.4) is 0 Å². The van der Waals surface area contributed by atoms with E-state index >= 15 is 0 Å². The molecule has 39 heavy (non-hydrogen) atoms. The smallest absolute Gasteiger partial charge is 0.475 e. The highest BCUT2D eigenvalue weighted by Crippen LogP contribution is 2.32. The molecule has 1 aliphatic carbocycles. The molecule has 1 aliphatic heterocycles. The Kier molecular flexibility index (Phi) is 7.89. The number of aromatic nitrogens is 2. The van der Waals surface area contributed by atoms with Crippen LogP contribution in [0.15, 0.2) is 47.4 Å². The predicted molar refractivity (Wildman–Crippen MR) is 132 cm³/mol.